The molecular weight excluding hydrogens is 468 g/mol. The van der Waals surface area contributed by atoms with Crippen LogP contribution in [0.1, 0.15) is 66.9 Å². The number of amides is 1. The molecule has 3 N–H and O–H groups in total. The molecule has 0 aliphatic heterocycles. The fourth-order valence-corrected chi connectivity index (χ4v) is 4.51. The van der Waals surface area contributed by atoms with E-state index in [9.17, 15) is 4.79 Å². The third-order valence-electron chi connectivity index (χ3n) is 6.51. The van der Waals surface area contributed by atoms with Crippen LogP contribution in [0.15, 0.2) is 72.8 Å². The van der Waals surface area contributed by atoms with Crippen molar-refractivity contribution >= 4 is 41.0 Å². The minimum absolute atomic E-state index is 0. The summed E-state index contributed by atoms with van der Waals surface area (Å²) in [5.41, 5.74) is 12.0. The van der Waals surface area contributed by atoms with Crippen molar-refractivity contribution in [2.75, 3.05) is 11.1 Å². The number of nitrogens with one attached hydrogen (secondary N) is 1. The largest absolute Gasteiger partial charge is 0.369 e. The smallest absolute Gasteiger partial charge is 0.255 e. The number of benzene rings is 3. The summed E-state index contributed by atoms with van der Waals surface area (Å²) in [6.45, 7) is 3.03. The second-order valence-corrected chi connectivity index (χ2v) is 9.23. The molecule has 0 fully saturated rings. The number of halogens is 1. The molecule has 190 valence electrons. The van der Waals surface area contributed by atoms with Crippen LogP contribution in [0.4, 0.5) is 11.6 Å². The summed E-state index contributed by atoms with van der Waals surface area (Å²) < 4.78 is 2.05. The molecular formula is C30H37ClN4O. The van der Waals surface area contributed by atoms with E-state index in [0.717, 1.165) is 42.5 Å². The molecule has 0 aliphatic rings. The molecule has 0 bridgehead atoms. The molecule has 6 heteroatoms. The van der Waals surface area contributed by atoms with E-state index in [4.69, 9.17) is 5.73 Å². The number of nitrogen functional groups attached to an aromatic ring is 1. The van der Waals surface area contributed by atoms with Gasteiger partial charge in [0.1, 0.15) is 0 Å². The monoisotopic (exact) mass is 504 g/mol. The second kappa shape index (κ2) is 13.7. The topological polar surface area (TPSA) is 72.9 Å². The van der Waals surface area contributed by atoms with Crippen LogP contribution in [0.3, 0.4) is 0 Å². The number of nitrogens with two attached hydrogens (primary N) is 1. The van der Waals surface area contributed by atoms with Crippen LogP contribution >= 0.6 is 12.4 Å². The van der Waals surface area contributed by atoms with E-state index < -0.39 is 0 Å². The molecule has 4 rings (SSSR count). The van der Waals surface area contributed by atoms with E-state index in [2.05, 4.69) is 53.6 Å². The van der Waals surface area contributed by atoms with Crippen molar-refractivity contribution < 1.29 is 4.79 Å². The number of rotatable bonds is 12. The molecule has 1 aromatic heterocycles. The second-order valence-electron chi connectivity index (χ2n) is 9.23. The maximum atomic E-state index is 12.8. The average molecular weight is 505 g/mol. The predicted octanol–water partition coefficient (Wildman–Crippen LogP) is 7.44. The van der Waals surface area contributed by atoms with Gasteiger partial charge in [0.15, 0.2) is 0 Å². The van der Waals surface area contributed by atoms with Crippen molar-refractivity contribution in [3.63, 3.8) is 0 Å². The first-order chi connectivity index (χ1) is 17.1. The quantitative estimate of drug-likeness (QED) is 0.197. The number of anilines is 2. The van der Waals surface area contributed by atoms with Crippen LogP contribution in [0.2, 0.25) is 0 Å². The Morgan fingerprint density at radius 3 is 2.31 bits per heavy atom. The molecule has 1 heterocycles. The Balaban J connectivity index is 0.00000361. The van der Waals surface area contributed by atoms with Gasteiger partial charge in [0.2, 0.25) is 5.95 Å². The van der Waals surface area contributed by atoms with Gasteiger partial charge in [0.05, 0.1) is 11.0 Å². The van der Waals surface area contributed by atoms with Crippen molar-refractivity contribution in [2.24, 2.45) is 0 Å². The summed E-state index contributed by atoms with van der Waals surface area (Å²) in [6, 6.07) is 24.2. The summed E-state index contributed by atoms with van der Waals surface area (Å²) in [6.07, 6.45) is 9.39. The molecule has 0 saturated carbocycles. The van der Waals surface area contributed by atoms with Crippen molar-refractivity contribution in [3.05, 3.63) is 89.5 Å². The minimum Gasteiger partial charge on any atom is -0.369 e. The van der Waals surface area contributed by atoms with E-state index in [1.807, 2.05) is 41.0 Å². The SMILES string of the molecule is CCCCCCCc1ccc(C(=O)Nc2ccc3c(c2)nc(N)n3CCCc2ccccc2)cc1.Cl. The highest BCUT2D eigenvalue weighted by Crippen LogP contribution is 2.23. The average Bonchev–Trinajstić information content (AvgIpc) is 3.19. The first-order valence-corrected chi connectivity index (χ1v) is 12.8. The maximum absolute atomic E-state index is 12.8. The van der Waals surface area contributed by atoms with Crippen molar-refractivity contribution in [2.45, 2.75) is 64.8 Å². The van der Waals surface area contributed by atoms with E-state index in [1.54, 1.807) is 0 Å². The summed E-state index contributed by atoms with van der Waals surface area (Å²) in [4.78, 5) is 17.3. The molecule has 1 amide bonds. The zero-order valence-corrected chi connectivity index (χ0v) is 21.9. The lowest BCUT2D eigenvalue weighted by atomic mass is 10.0. The van der Waals surface area contributed by atoms with E-state index in [1.165, 1.54) is 43.2 Å². The van der Waals surface area contributed by atoms with Crippen LogP contribution in [0.25, 0.3) is 11.0 Å². The number of carbonyl (C=O) groups excluding carboxylic acids is 1. The van der Waals surface area contributed by atoms with Gasteiger partial charge >= 0.3 is 0 Å². The minimum atomic E-state index is -0.117. The molecule has 36 heavy (non-hydrogen) atoms. The van der Waals surface area contributed by atoms with Gasteiger partial charge < -0.3 is 15.6 Å². The summed E-state index contributed by atoms with van der Waals surface area (Å²) >= 11 is 0. The molecule has 0 unspecified atom stereocenters. The number of hydrogen-bond donors (Lipinski definition) is 2. The number of hydrogen-bond acceptors (Lipinski definition) is 3. The number of fused-ring (bicyclic) bond motifs is 1. The molecule has 3 aromatic carbocycles. The molecule has 0 saturated heterocycles. The Labute approximate surface area is 220 Å². The molecule has 0 spiro atoms. The Bertz CT molecular complexity index is 1240. The fraction of sp³-hybridized carbons (Fsp3) is 0.333. The van der Waals surface area contributed by atoms with Gasteiger partial charge in [-0.1, -0.05) is 75.1 Å². The van der Waals surface area contributed by atoms with Gasteiger partial charge in [-0.3, -0.25) is 4.79 Å². The normalized spacial score (nSPS) is 10.8. The molecule has 5 nitrogen and oxygen atoms in total. The first-order valence-electron chi connectivity index (χ1n) is 12.8. The fourth-order valence-electron chi connectivity index (χ4n) is 4.51. The highest BCUT2D eigenvalue weighted by Gasteiger charge is 2.11. The van der Waals surface area contributed by atoms with Gasteiger partial charge in [-0.25, -0.2) is 4.98 Å². The summed E-state index contributed by atoms with van der Waals surface area (Å²) in [5.74, 6) is 0.385. The Morgan fingerprint density at radius 1 is 0.861 bits per heavy atom. The van der Waals surface area contributed by atoms with Gasteiger partial charge in [-0.15, -0.1) is 12.4 Å². The number of aryl methyl sites for hydroxylation is 3. The lowest BCUT2D eigenvalue weighted by Gasteiger charge is -2.08. The van der Waals surface area contributed by atoms with Crippen LogP contribution in [0, 0.1) is 0 Å². The van der Waals surface area contributed by atoms with Crippen LogP contribution in [-0.2, 0) is 19.4 Å². The number of imidazole rings is 1. The molecule has 0 aliphatic carbocycles. The first kappa shape index (κ1) is 27.3. The number of unbranched alkanes of at least 4 members (excludes halogenated alkanes) is 4. The molecule has 4 aromatic rings. The number of carbonyl (C=O) groups is 1. The van der Waals surface area contributed by atoms with E-state index >= 15 is 0 Å². The van der Waals surface area contributed by atoms with Crippen molar-refractivity contribution in [1.82, 2.24) is 9.55 Å². The maximum Gasteiger partial charge on any atom is 0.255 e. The van der Waals surface area contributed by atoms with Crippen LogP contribution < -0.4 is 11.1 Å². The van der Waals surface area contributed by atoms with Crippen LogP contribution in [-0.4, -0.2) is 15.5 Å². The number of nitrogens with zero attached hydrogens (tertiary/aromatic N) is 2. The zero-order chi connectivity index (χ0) is 24.5. The van der Waals surface area contributed by atoms with Gasteiger partial charge in [0.25, 0.3) is 5.91 Å². The van der Waals surface area contributed by atoms with Crippen molar-refractivity contribution in [1.29, 1.82) is 0 Å². The van der Waals surface area contributed by atoms with E-state index in [-0.39, 0.29) is 18.3 Å². The Kier molecular flexibility index (Phi) is 10.4. The zero-order valence-electron chi connectivity index (χ0n) is 21.1. The van der Waals surface area contributed by atoms with Crippen molar-refractivity contribution in [3.8, 4) is 0 Å². The highest BCUT2D eigenvalue weighted by atomic mass is 35.5. The van der Waals surface area contributed by atoms with Gasteiger partial charge in [-0.2, -0.15) is 0 Å². The van der Waals surface area contributed by atoms with E-state index in [0.29, 0.717) is 11.5 Å². The lowest BCUT2D eigenvalue weighted by Crippen LogP contribution is -2.11. The third kappa shape index (κ3) is 7.34. The summed E-state index contributed by atoms with van der Waals surface area (Å²) in [5, 5.41) is 3.00. The number of aromatic nitrogens is 2. The van der Waals surface area contributed by atoms with Gasteiger partial charge in [0, 0.05) is 17.8 Å². The summed E-state index contributed by atoms with van der Waals surface area (Å²) in [7, 11) is 0. The lowest BCUT2D eigenvalue weighted by molar-refractivity contribution is 0.102. The van der Waals surface area contributed by atoms with Crippen LogP contribution in [0.5, 0.6) is 0 Å². The van der Waals surface area contributed by atoms with Gasteiger partial charge in [-0.05, 0) is 67.1 Å². The third-order valence-corrected chi connectivity index (χ3v) is 6.51. The predicted molar refractivity (Wildman–Crippen MR) is 153 cm³/mol. The molecule has 0 radical (unpaired) electrons. The highest BCUT2D eigenvalue weighted by molar-refractivity contribution is 6.05. The Hall–Kier alpha value is -3.31. The Morgan fingerprint density at radius 2 is 1.56 bits per heavy atom. The molecule has 0 atom stereocenters. The standard InChI is InChI=1S/C30H36N4O.ClH/c1-2-3-4-5-7-13-24-15-17-25(18-16-24)29(35)32-26-19-20-28-27(22-26)33-30(31)34(28)21-10-14-23-11-8-6-9-12-23;/h6,8-9,11-12,15-20,22H,2-5,7,10,13-14,21H2,1H3,(H2,31,33)(H,32,35);1H.